The Hall–Kier alpha value is -1.31. The van der Waals surface area contributed by atoms with E-state index in [9.17, 15) is 0 Å². The molecule has 0 atom stereocenters. The molecule has 0 spiro atoms. The van der Waals surface area contributed by atoms with Gasteiger partial charge in [-0.25, -0.2) is 4.99 Å². The molecule has 0 unspecified atom stereocenters. The van der Waals surface area contributed by atoms with Crippen molar-refractivity contribution in [2.75, 3.05) is 0 Å². The number of aliphatic hydroxyl groups excluding tert-OH is 1. The lowest BCUT2D eigenvalue weighted by atomic mass is 10.3. The van der Waals surface area contributed by atoms with E-state index in [0.29, 0.717) is 6.42 Å². The van der Waals surface area contributed by atoms with E-state index in [-0.39, 0.29) is 5.88 Å². The van der Waals surface area contributed by atoms with Crippen LogP contribution in [0.4, 0.5) is 0 Å². The summed E-state index contributed by atoms with van der Waals surface area (Å²) >= 11 is 0. The fourth-order valence-electron chi connectivity index (χ4n) is 0.610. The van der Waals surface area contributed by atoms with Gasteiger partial charge in [-0.15, -0.1) is 0 Å². The SMILES string of the molecule is C=N/C(O)=C\C/C=C\C=C/CC. The van der Waals surface area contributed by atoms with Gasteiger partial charge in [0.25, 0.3) is 0 Å². The maximum atomic E-state index is 8.84. The van der Waals surface area contributed by atoms with Gasteiger partial charge >= 0.3 is 0 Å². The summed E-state index contributed by atoms with van der Waals surface area (Å²) in [6, 6.07) is 0. The van der Waals surface area contributed by atoms with Crippen molar-refractivity contribution in [3.63, 3.8) is 0 Å². The molecule has 0 radical (unpaired) electrons. The molecular formula is C10H15NO. The van der Waals surface area contributed by atoms with E-state index >= 15 is 0 Å². The molecule has 0 amide bonds. The van der Waals surface area contributed by atoms with E-state index in [2.05, 4.69) is 24.7 Å². The molecule has 0 saturated heterocycles. The van der Waals surface area contributed by atoms with Gasteiger partial charge in [0.15, 0.2) is 0 Å². The Labute approximate surface area is 73.6 Å². The van der Waals surface area contributed by atoms with Crippen LogP contribution in [0.2, 0.25) is 0 Å². The minimum atomic E-state index is -0.0147. The van der Waals surface area contributed by atoms with Gasteiger partial charge in [0.2, 0.25) is 5.88 Å². The normalized spacial score (nSPS) is 12.9. The zero-order chi connectivity index (χ0) is 9.23. The average Bonchev–Trinajstić information content (AvgIpc) is 2.10. The third-order valence-corrected chi connectivity index (χ3v) is 1.22. The first kappa shape index (κ1) is 10.7. The molecular weight excluding hydrogens is 150 g/mol. The summed E-state index contributed by atoms with van der Waals surface area (Å²) in [5.74, 6) is -0.0147. The topological polar surface area (TPSA) is 32.6 Å². The predicted molar refractivity (Wildman–Crippen MR) is 53.4 cm³/mol. The number of rotatable bonds is 5. The summed E-state index contributed by atoms with van der Waals surface area (Å²) in [5, 5.41) is 8.84. The molecule has 0 aromatic rings. The zero-order valence-electron chi connectivity index (χ0n) is 7.40. The molecule has 0 rings (SSSR count). The van der Waals surface area contributed by atoms with E-state index in [1.165, 1.54) is 0 Å². The van der Waals surface area contributed by atoms with E-state index in [1.807, 2.05) is 18.2 Å². The van der Waals surface area contributed by atoms with Crippen LogP contribution in [-0.4, -0.2) is 11.8 Å². The molecule has 0 aliphatic rings. The molecule has 0 aliphatic heterocycles. The smallest absolute Gasteiger partial charge is 0.206 e. The van der Waals surface area contributed by atoms with Crippen LogP contribution in [-0.2, 0) is 0 Å². The lowest BCUT2D eigenvalue weighted by molar-refractivity contribution is 0.406. The highest BCUT2D eigenvalue weighted by atomic mass is 16.3. The van der Waals surface area contributed by atoms with E-state index in [1.54, 1.807) is 6.08 Å². The van der Waals surface area contributed by atoms with Crippen LogP contribution in [0.25, 0.3) is 0 Å². The van der Waals surface area contributed by atoms with Gasteiger partial charge in [-0.1, -0.05) is 31.2 Å². The first-order valence-electron chi connectivity index (χ1n) is 3.98. The van der Waals surface area contributed by atoms with Crippen molar-refractivity contribution >= 4 is 6.72 Å². The number of allylic oxidation sites excluding steroid dienone is 5. The van der Waals surface area contributed by atoms with Crippen molar-refractivity contribution in [3.8, 4) is 0 Å². The van der Waals surface area contributed by atoms with Crippen molar-refractivity contribution in [3.05, 3.63) is 36.3 Å². The quantitative estimate of drug-likeness (QED) is 0.379. The van der Waals surface area contributed by atoms with E-state index in [0.717, 1.165) is 6.42 Å². The minimum absolute atomic E-state index is 0.0147. The Bertz CT molecular complexity index is 202. The van der Waals surface area contributed by atoms with E-state index in [4.69, 9.17) is 5.11 Å². The molecule has 0 fully saturated rings. The Morgan fingerprint density at radius 2 is 2.08 bits per heavy atom. The second-order valence-corrected chi connectivity index (χ2v) is 2.22. The van der Waals surface area contributed by atoms with Crippen molar-refractivity contribution in [2.45, 2.75) is 19.8 Å². The van der Waals surface area contributed by atoms with Crippen molar-refractivity contribution in [2.24, 2.45) is 4.99 Å². The summed E-state index contributed by atoms with van der Waals surface area (Å²) in [7, 11) is 0. The van der Waals surface area contributed by atoms with Crippen molar-refractivity contribution in [1.29, 1.82) is 0 Å². The summed E-state index contributed by atoms with van der Waals surface area (Å²) in [6.07, 6.45) is 11.2. The number of hydrogen-bond acceptors (Lipinski definition) is 2. The molecule has 0 saturated carbocycles. The van der Waals surface area contributed by atoms with E-state index < -0.39 is 0 Å². The zero-order valence-corrected chi connectivity index (χ0v) is 7.40. The fourth-order valence-corrected chi connectivity index (χ4v) is 0.610. The molecule has 0 aromatic heterocycles. The first-order valence-corrected chi connectivity index (χ1v) is 3.98. The number of hydrogen-bond donors (Lipinski definition) is 1. The third kappa shape index (κ3) is 6.81. The van der Waals surface area contributed by atoms with Crippen LogP contribution >= 0.6 is 0 Å². The summed E-state index contributed by atoms with van der Waals surface area (Å²) in [4.78, 5) is 3.34. The maximum absolute atomic E-state index is 8.84. The molecule has 2 heteroatoms. The van der Waals surface area contributed by atoms with Crippen LogP contribution < -0.4 is 0 Å². The Balaban J connectivity index is 3.61. The lowest BCUT2D eigenvalue weighted by Gasteiger charge is -1.85. The molecule has 12 heavy (non-hydrogen) atoms. The van der Waals surface area contributed by atoms with Crippen LogP contribution in [0.3, 0.4) is 0 Å². The van der Waals surface area contributed by atoms with Crippen LogP contribution in [0, 0.1) is 0 Å². The van der Waals surface area contributed by atoms with Gasteiger partial charge in [0, 0.05) is 0 Å². The largest absolute Gasteiger partial charge is 0.494 e. The lowest BCUT2D eigenvalue weighted by Crippen LogP contribution is -1.70. The minimum Gasteiger partial charge on any atom is -0.494 e. The molecule has 0 aliphatic carbocycles. The van der Waals surface area contributed by atoms with Crippen molar-refractivity contribution in [1.82, 2.24) is 0 Å². The highest BCUT2D eigenvalue weighted by Gasteiger charge is 1.79. The van der Waals surface area contributed by atoms with Gasteiger partial charge in [0.1, 0.15) is 0 Å². The predicted octanol–water partition coefficient (Wildman–Crippen LogP) is 3.00. The first-order chi connectivity index (χ1) is 5.81. The second-order valence-electron chi connectivity index (χ2n) is 2.22. The molecule has 66 valence electrons. The third-order valence-electron chi connectivity index (χ3n) is 1.22. The molecule has 0 heterocycles. The molecule has 0 bridgehead atoms. The number of aliphatic imine (C=N–C) groups is 1. The van der Waals surface area contributed by atoms with Gasteiger partial charge in [-0.3, -0.25) is 0 Å². The summed E-state index contributed by atoms with van der Waals surface area (Å²) in [5.41, 5.74) is 0. The Kier molecular flexibility index (Phi) is 6.94. The highest BCUT2D eigenvalue weighted by molar-refractivity contribution is 5.27. The van der Waals surface area contributed by atoms with Crippen LogP contribution in [0.1, 0.15) is 19.8 Å². The van der Waals surface area contributed by atoms with Gasteiger partial charge < -0.3 is 5.11 Å². The monoisotopic (exact) mass is 165 g/mol. The Morgan fingerprint density at radius 1 is 1.42 bits per heavy atom. The number of nitrogens with zero attached hydrogens (tertiary/aromatic N) is 1. The van der Waals surface area contributed by atoms with Crippen LogP contribution in [0.5, 0.6) is 0 Å². The second kappa shape index (κ2) is 7.79. The highest BCUT2D eigenvalue weighted by Crippen LogP contribution is 1.93. The molecule has 2 nitrogen and oxygen atoms in total. The molecule has 1 N–H and O–H groups in total. The van der Waals surface area contributed by atoms with Gasteiger partial charge in [-0.05, 0) is 25.6 Å². The fraction of sp³-hybridized carbons (Fsp3) is 0.300. The van der Waals surface area contributed by atoms with Crippen LogP contribution in [0.15, 0.2) is 41.3 Å². The van der Waals surface area contributed by atoms with Gasteiger partial charge in [-0.2, -0.15) is 0 Å². The Morgan fingerprint density at radius 3 is 2.67 bits per heavy atom. The average molecular weight is 165 g/mol. The van der Waals surface area contributed by atoms with Gasteiger partial charge in [0.05, 0.1) is 0 Å². The maximum Gasteiger partial charge on any atom is 0.206 e. The standard InChI is InChI=1S/C10H15NO/c1-3-4-5-6-7-8-9-10(12)11-2/h4-7,9,12H,2-3,8H2,1H3/b5-4-,7-6-,10-9+. The number of aliphatic hydroxyl groups is 1. The summed E-state index contributed by atoms with van der Waals surface area (Å²) in [6.45, 7) is 5.26. The van der Waals surface area contributed by atoms with Crippen molar-refractivity contribution < 1.29 is 5.11 Å². The molecule has 0 aromatic carbocycles. The summed E-state index contributed by atoms with van der Waals surface area (Å²) < 4.78 is 0.